The van der Waals surface area contributed by atoms with Gasteiger partial charge in [0.15, 0.2) is 0 Å². The van der Waals surface area contributed by atoms with Crippen molar-refractivity contribution < 1.29 is 4.42 Å². The normalized spacial score (nSPS) is 16.7. The summed E-state index contributed by atoms with van der Waals surface area (Å²) in [5, 5.41) is 13.6. The molecule has 57 heavy (non-hydrogen) atoms. The number of amidine groups is 1. The quantitative estimate of drug-likeness (QED) is 0.184. The Morgan fingerprint density at radius 3 is 2.26 bits per heavy atom. The Hall–Kier alpha value is -6.73. The van der Waals surface area contributed by atoms with Crippen LogP contribution in [0.25, 0.3) is 75.9 Å². The van der Waals surface area contributed by atoms with E-state index >= 15 is 0 Å². The van der Waals surface area contributed by atoms with Gasteiger partial charge < -0.3 is 14.3 Å². The first-order valence-corrected chi connectivity index (χ1v) is 20.5. The van der Waals surface area contributed by atoms with Crippen LogP contribution in [0.4, 0.5) is 0 Å². The molecule has 2 atom stereocenters. The molecule has 0 saturated carbocycles. The first kappa shape index (κ1) is 32.5. The number of aliphatic imine (C=N–C) groups is 1. The van der Waals surface area contributed by atoms with Gasteiger partial charge in [-0.25, -0.2) is 4.99 Å². The van der Waals surface area contributed by atoms with Crippen molar-refractivity contribution in [3.8, 4) is 16.8 Å². The fourth-order valence-electron chi connectivity index (χ4n) is 9.23. The van der Waals surface area contributed by atoms with Gasteiger partial charge in [-0.2, -0.15) is 0 Å². The van der Waals surface area contributed by atoms with Crippen LogP contribution in [0, 0.1) is 0 Å². The van der Waals surface area contributed by atoms with E-state index in [0.29, 0.717) is 0 Å². The molecule has 2 unspecified atom stereocenters. The lowest BCUT2D eigenvalue weighted by molar-refractivity contribution is 0.408. The number of nitrogens with zero attached hydrogens (tertiary/aromatic N) is 2. The van der Waals surface area contributed by atoms with Crippen molar-refractivity contribution >= 4 is 76.3 Å². The van der Waals surface area contributed by atoms with Gasteiger partial charge in [0.2, 0.25) is 0 Å². The highest BCUT2D eigenvalue weighted by Gasteiger charge is 2.29. The fourth-order valence-corrected chi connectivity index (χ4v) is 10.6. The third kappa shape index (κ3) is 5.08. The maximum absolute atomic E-state index is 6.88. The monoisotopic (exact) mass is 752 g/mol. The number of nitrogens with one attached hydrogen (secondary N) is 2. The van der Waals surface area contributed by atoms with Gasteiger partial charge in [-0.05, 0) is 53.8 Å². The van der Waals surface area contributed by atoms with E-state index in [1.54, 1.807) is 0 Å². The highest BCUT2D eigenvalue weighted by atomic mass is 32.1. The number of hydrogen-bond donors (Lipinski definition) is 2. The molecule has 10 aromatic rings. The molecule has 272 valence electrons. The number of furan rings is 1. The van der Waals surface area contributed by atoms with Crippen LogP contribution in [-0.2, 0) is 6.42 Å². The largest absolute Gasteiger partial charge is 0.456 e. The van der Waals surface area contributed by atoms with Crippen molar-refractivity contribution in [2.24, 2.45) is 4.99 Å². The molecule has 3 aromatic heterocycles. The number of thiophene rings is 1. The summed E-state index contributed by atoms with van der Waals surface area (Å²) in [5.41, 5.74) is 12.6. The van der Waals surface area contributed by atoms with E-state index in [1.165, 1.54) is 59.1 Å². The minimum atomic E-state index is -0.339. The van der Waals surface area contributed by atoms with E-state index < -0.39 is 0 Å². The molecule has 0 bridgehead atoms. The van der Waals surface area contributed by atoms with Crippen molar-refractivity contribution in [3.05, 3.63) is 192 Å². The van der Waals surface area contributed by atoms with Crippen LogP contribution in [0.3, 0.4) is 0 Å². The lowest BCUT2D eigenvalue weighted by Gasteiger charge is -2.32. The summed E-state index contributed by atoms with van der Waals surface area (Å²) in [6, 6.07) is 56.3. The Morgan fingerprint density at radius 1 is 0.649 bits per heavy atom. The van der Waals surface area contributed by atoms with Crippen LogP contribution in [0.5, 0.6) is 0 Å². The zero-order valence-corrected chi connectivity index (χ0v) is 31.8. The molecule has 1 aliphatic heterocycles. The topological polar surface area (TPSA) is 54.5 Å². The lowest BCUT2D eigenvalue weighted by atomic mass is 9.97. The molecule has 2 aliphatic rings. The van der Waals surface area contributed by atoms with Crippen molar-refractivity contribution in [2.75, 3.05) is 0 Å². The predicted molar refractivity (Wildman–Crippen MR) is 237 cm³/mol. The third-order valence-electron chi connectivity index (χ3n) is 11.8. The number of hydrogen-bond acceptors (Lipinski definition) is 5. The Morgan fingerprint density at radius 2 is 1.37 bits per heavy atom. The number of rotatable bonds is 5. The van der Waals surface area contributed by atoms with E-state index in [-0.39, 0.29) is 12.3 Å². The summed E-state index contributed by atoms with van der Waals surface area (Å²) in [5.74, 6) is 0.849. The summed E-state index contributed by atoms with van der Waals surface area (Å²) in [6.45, 7) is 0. The lowest BCUT2D eigenvalue weighted by Crippen LogP contribution is -2.44. The number of aryl methyl sites for hydroxylation is 1. The van der Waals surface area contributed by atoms with Crippen LogP contribution in [0.1, 0.15) is 46.7 Å². The van der Waals surface area contributed by atoms with Crippen LogP contribution in [0.2, 0.25) is 0 Å². The van der Waals surface area contributed by atoms with Gasteiger partial charge in [0, 0.05) is 54.0 Å². The molecule has 5 nitrogen and oxygen atoms in total. The molecule has 1 aliphatic carbocycles. The summed E-state index contributed by atoms with van der Waals surface area (Å²) < 4.78 is 11.9. The molecular formula is C51H36N4OS. The van der Waals surface area contributed by atoms with Crippen LogP contribution in [0.15, 0.2) is 173 Å². The highest BCUT2D eigenvalue weighted by Crippen LogP contribution is 2.47. The molecule has 7 aromatic carbocycles. The second kappa shape index (κ2) is 12.9. The standard InChI is InChI=1S/C51H36N4OS/c1-3-15-31(16-4-1)49-52-50(32-17-5-2-6-18-32)54-51(53-49)40-26-12-25-39-45-35(21-14-30-44(45)56-46(39)40)36-22-11-23-37-38-24-13-29-43(48(38)57-47(36)37)55-41-27-9-7-19-33(41)34-20-8-10-28-42(34)55/h1-7,9-19,21-30,49,51,53H,8,20H2,(H,52,54). The third-order valence-corrected chi connectivity index (χ3v) is 13.1. The number of para-hydroxylation sites is 2. The van der Waals surface area contributed by atoms with Gasteiger partial charge in [0.1, 0.15) is 29.3 Å². The van der Waals surface area contributed by atoms with E-state index in [9.17, 15) is 0 Å². The van der Waals surface area contributed by atoms with Gasteiger partial charge in [0.05, 0.1) is 15.9 Å². The van der Waals surface area contributed by atoms with Crippen molar-refractivity contribution in [3.63, 3.8) is 0 Å². The van der Waals surface area contributed by atoms with E-state index in [4.69, 9.17) is 9.41 Å². The van der Waals surface area contributed by atoms with Crippen molar-refractivity contribution in [1.82, 2.24) is 15.2 Å². The van der Waals surface area contributed by atoms with Crippen molar-refractivity contribution in [1.29, 1.82) is 0 Å². The Balaban J connectivity index is 1.03. The van der Waals surface area contributed by atoms with Gasteiger partial charge in [-0.3, -0.25) is 5.32 Å². The molecule has 0 saturated heterocycles. The average Bonchev–Trinajstić information content (AvgIpc) is 3.97. The smallest absolute Gasteiger partial charge is 0.142 e. The summed E-state index contributed by atoms with van der Waals surface area (Å²) in [6.07, 6.45) is 6.31. The number of aromatic nitrogens is 1. The minimum Gasteiger partial charge on any atom is -0.456 e. The first-order valence-electron chi connectivity index (χ1n) is 19.7. The second-order valence-corrected chi connectivity index (χ2v) is 16.0. The minimum absolute atomic E-state index is 0.138. The molecular weight excluding hydrogens is 717 g/mol. The van der Waals surface area contributed by atoms with E-state index in [1.807, 2.05) is 17.4 Å². The summed E-state index contributed by atoms with van der Waals surface area (Å²) >= 11 is 1.90. The molecule has 12 rings (SSSR count). The van der Waals surface area contributed by atoms with Crippen LogP contribution >= 0.6 is 11.3 Å². The molecule has 0 spiro atoms. The second-order valence-electron chi connectivity index (χ2n) is 15.0. The van der Waals surface area contributed by atoms with E-state index in [0.717, 1.165) is 57.3 Å². The van der Waals surface area contributed by atoms with Gasteiger partial charge in [0.25, 0.3) is 0 Å². The molecule has 0 amide bonds. The predicted octanol–water partition coefficient (Wildman–Crippen LogP) is 12.9. The maximum Gasteiger partial charge on any atom is 0.142 e. The SMILES string of the molecule is C1=Cc2c(c3ccccc3n2-c2cccc3c2sc2c(-c4cccc5oc6c(C7N=C(c8ccccc8)NC(c8ccccc8)N7)cccc6c45)cccc23)CC1. The van der Waals surface area contributed by atoms with Crippen molar-refractivity contribution in [2.45, 2.75) is 25.2 Å². The summed E-state index contributed by atoms with van der Waals surface area (Å²) in [4.78, 5) is 5.27. The molecule has 0 radical (unpaired) electrons. The zero-order chi connectivity index (χ0) is 37.5. The summed E-state index contributed by atoms with van der Waals surface area (Å²) in [7, 11) is 0. The molecule has 6 heteroatoms. The van der Waals surface area contributed by atoms with Crippen LogP contribution in [-0.4, -0.2) is 10.4 Å². The highest BCUT2D eigenvalue weighted by molar-refractivity contribution is 7.26. The first-order chi connectivity index (χ1) is 28.3. The fraction of sp³-hybridized carbons (Fsp3) is 0.0784. The van der Waals surface area contributed by atoms with E-state index in [2.05, 4.69) is 179 Å². The molecule has 0 fully saturated rings. The Labute approximate surface area is 333 Å². The molecule has 2 N–H and O–H groups in total. The number of benzene rings is 7. The number of allylic oxidation sites excluding steroid dienone is 1. The Bertz CT molecular complexity index is 3260. The zero-order valence-electron chi connectivity index (χ0n) is 30.9. The van der Waals surface area contributed by atoms with Crippen LogP contribution < -0.4 is 10.6 Å². The maximum atomic E-state index is 6.88. The molecule has 4 heterocycles. The number of fused-ring (bicyclic) bond motifs is 9. The van der Waals surface area contributed by atoms with Gasteiger partial charge >= 0.3 is 0 Å². The van der Waals surface area contributed by atoms with Gasteiger partial charge in [-0.1, -0.05) is 146 Å². The average molecular weight is 753 g/mol. The van der Waals surface area contributed by atoms with Gasteiger partial charge in [-0.15, -0.1) is 11.3 Å². The Kier molecular flexibility index (Phi) is 7.37.